The smallest absolute Gasteiger partial charge is 0.263 e. The molecule has 22 heavy (non-hydrogen) atoms. The van der Waals surface area contributed by atoms with Crippen LogP contribution in [0.15, 0.2) is 16.8 Å². The zero-order valence-electron chi connectivity index (χ0n) is 13.2. The topological polar surface area (TPSA) is 62.2 Å². The highest BCUT2D eigenvalue weighted by atomic mass is 32.1. The van der Waals surface area contributed by atoms with Crippen molar-refractivity contribution >= 4 is 28.6 Å². The summed E-state index contributed by atoms with van der Waals surface area (Å²) in [5, 5.41) is 17.1. The van der Waals surface area contributed by atoms with Gasteiger partial charge in [-0.15, -0.1) is 11.3 Å². The van der Waals surface area contributed by atoms with Crippen LogP contribution in [0.25, 0.3) is 10.6 Å². The summed E-state index contributed by atoms with van der Waals surface area (Å²) in [5.74, 6) is -0.0571. The molecule has 0 bridgehead atoms. The Hall–Kier alpha value is -1.24. The Morgan fingerprint density at radius 1 is 1.45 bits per heavy atom. The molecule has 1 amide bonds. The van der Waals surface area contributed by atoms with Crippen LogP contribution in [0.5, 0.6) is 0 Å². The summed E-state index contributed by atoms with van der Waals surface area (Å²) in [6.45, 7) is 6.70. The van der Waals surface area contributed by atoms with Crippen LogP contribution in [0.2, 0.25) is 0 Å². The summed E-state index contributed by atoms with van der Waals surface area (Å²) in [5.41, 5.74) is 1.76. The van der Waals surface area contributed by atoms with Gasteiger partial charge in [-0.2, -0.15) is 11.3 Å². The monoisotopic (exact) mass is 338 g/mol. The van der Waals surface area contributed by atoms with Crippen molar-refractivity contribution in [3.63, 3.8) is 0 Å². The summed E-state index contributed by atoms with van der Waals surface area (Å²) in [7, 11) is 0. The minimum Gasteiger partial charge on any atom is -0.396 e. The van der Waals surface area contributed by atoms with E-state index in [1.54, 1.807) is 11.3 Å². The maximum atomic E-state index is 12.3. The van der Waals surface area contributed by atoms with Gasteiger partial charge < -0.3 is 10.4 Å². The Labute approximate surface area is 139 Å². The van der Waals surface area contributed by atoms with Crippen LogP contribution in [0, 0.1) is 12.3 Å². The number of hydrogen-bond donors (Lipinski definition) is 2. The average molecular weight is 338 g/mol. The second kappa shape index (κ2) is 7.35. The first kappa shape index (κ1) is 17.1. The van der Waals surface area contributed by atoms with Crippen molar-refractivity contribution in [1.29, 1.82) is 0 Å². The maximum absolute atomic E-state index is 12.3. The standard InChI is InChI=1S/C16H22N2O2S2/c1-11-13(22-15(18-11)12-5-8-21-9-12)14(20)17-7-4-6-16(2,3)10-19/h5,8-9,19H,4,6-7,10H2,1-3H3,(H,17,20). The summed E-state index contributed by atoms with van der Waals surface area (Å²) < 4.78 is 0. The van der Waals surface area contributed by atoms with Crippen molar-refractivity contribution in [2.75, 3.05) is 13.2 Å². The number of aromatic nitrogens is 1. The number of aliphatic hydroxyl groups excluding tert-OH is 1. The number of rotatable bonds is 7. The van der Waals surface area contributed by atoms with Gasteiger partial charge >= 0.3 is 0 Å². The maximum Gasteiger partial charge on any atom is 0.263 e. The Balaban J connectivity index is 1.91. The first-order valence-electron chi connectivity index (χ1n) is 7.32. The summed E-state index contributed by atoms with van der Waals surface area (Å²) >= 11 is 3.06. The fraction of sp³-hybridized carbons (Fsp3) is 0.500. The molecule has 0 atom stereocenters. The van der Waals surface area contributed by atoms with Crippen LogP contribution < -0.4 is 5.32 Å². The molecule has 2 rings (SSSR count). The Morgan fingerprint density at radius 2 is 2.23 bits per heavy atom. The minimum absolute atomic E-state index is 0.0571. The molecule has 0 saturated carbocycles. The normalized spacial score (nSPS) is 11.6. The highest BCUT2D eigenvalue weighted by Gasteiger charge is 2.18. The van der Waals surface area contributed by atoms with Crippen LogP contribution in [0.1, 0.15) is 42.1 Å². The van der Waals surface area contributed by atoms with E-state index in [4.69, 9.17) is 0 Å². The molecule has 2 aromatic heterocycles. The third kappa shape index (κ3) is 4.38. The number of carbonyl (C=O) groups excluding carboxylic acids is 1. The lowest BCUT2D eigenvalue weighted by molar-refractivity contribution is 0.0952. The highest BCUT2D eigenvalue weighted by molar-refractivity contribution is 7.17. The molecule has 4 nitrogen and oxygen atoms in total. The van der Waals surface area contributed by atoms with Crippen LogP contribution in [0.3, 0.4) is 0 Å². The van der Waals surface area contributed by atoms with Gasteiger partial charge in [-0.25, -0.2) is 4.98 Å². The molecule has 0 aromatic carbocycles. The molecule has 2 aromatic rings. The average Bonchev–Trinajstić information content (AvgIpc) is 3.12. The van der Waals surface area contributed by atoms with Crippen molar-refractivity contribution in [3.8, 4) is 10.6 Å². The lowest BCUT2D eigenvalue weighted by Crippen LogP contribution is -2.26. The highest BCUT2D eigenvalue weighted by Crippen LogP contribution is 2.29. The van der Waals surface area contributed by atoms with Gasteiger partial charge in [0.15, 0.2) is 0 Å². The Kier molecular flexibility index (Phi) is 5.72. The number of thiazole rings is 1. The number of aryl methyl sites for hydroxylation is 1. The number of carbonyl (C=O) groups is 1. The molecule has 0 fully saturated rings. The van der Waals surface area contributed by atoms with Gasteiger partial charge in [-0.05, 0) is 36.6 Å². The number of amides is 1. The fourth-order valence-corrected chi connectivity index (χ4v) is 3.74. The number of hydrogen-bond acceptors (Lipinski definition) is 5. The number of nitrogens with zero attached hydrogens (tertiary/aromatic N) is 1. The first-order valence-corrected chi connectivity index (χ1v) is 9.08. The van der Waals surface area contributed by atoms with E-state index in [0.29, 0.717) is 11.4 Å². The van der Waals surface area contributed by atoms with Gasteiger partial charge in [-0.1, -0.05) is 13.8 Å². The minimum atomic E-state index is -0.0861. The van der Waals surface area contributed by atoms with Gasteiger partial charge in [0.1, 0.15) is 9.88 Å². The van der Waals surface area contributed by atoms with Crippen LogP contribution in [0.4, 0.5) is 0 Å². The van der Waals surface area contributed by atoms with Gasteiger partial charge in [0, 0.05) is 24.1 Å². The second-order valence-corrected chi connectivity index (χ2v) is 7.91. The largest absolute Gasteiger partial charge is 0.396 e. The van der Waals surface area contributed by atoms with Crippen LogP contribution >= 0.6 is 22.7 Å². The molecular formula is C16H22N2O2S2. The van der Waals surface area contributed by atoms with Crippen molar-refractivity contribution < 1.29 is 9.90 Å². The van der Waals surface area contributed by atoms with Crippen molar-refractivity contribution in [2.45, 2.75) is 33.6 Å². The summed E-state index contributed by atoms with van der Waals surface area (Å²) in [4.78, 5) is 17.4. The van der Waals surface area contributed by atoms with E-state index in [1.165, 1.54) is 11.3 Å². The molecule has 0 spiro atoms. The van der Waals surface area contributed by atoms with Crippen LogP contribution in [-0.4, -0.2) is 29.1 Å². The van der Waals surface area contributed by atoms with Crippen molar-refractivity contribution in [2.24, 2.45) is 5.41 Å². The van der Waals surface area contributed by atoms with E-state index in [9.17, 15) is 9.90 Å². The Morgan fingerprint density at radius 3 is 2.86 bits per heavy atom. The van der Waals surface area contributed by atoms with Gasteiger partial charge in [0.05, 0.1) is 5.69 Å². The molecule has 120 valence electrons. The number of thiophene rings is 1. The quantitative estimate of drug-likeness (QED) is 0.757. The van der Waals surface area contributed by atoms with Gasteiger partial charge in [0.2, 0.25) is 0 Å². The third-order valence-electron chi connectivity index (χ3n) is 3.51. The molecule has 6 heteroatoms. The van der Waals surface area contributed by atoms with E-state index >= 15 is 0 Å². The molecule has 2 N–H and O–H groups in total. The molecule has 0 aliphatic heterocycles. The molecular weight excluding hydrogens is 316 g/mol. The lowest BCUT2D eigenvalue weighted by Gasteiger charge is -2.21. The molecule has 0 radical (unpaired) electrons. The van der Waals surface area contributed by atoms with E-state index in [0.717, 1.165) is 29.1 Å². The predicted molar refractivity (Wildman–Crippen MR) is 92.6 cm³/mol. The Bertz CT molecular complexity index is 618. The molecule has 0 aliphatic rings. The fourth-order valence-electron chi connectivity index (χ4n) is 2.04. The van der Waals surface area contributed by atoms with E-state index in [-0.39, 0.29) is 17.9 Å². The third-order valence-corrected chi connectivity index (χ3v) is 5.40. The van der Waals surface area contributed by atoms with Crippen molar-refractivity contribution in [1.82, 2.24) is 10.3 Å². The van der Waals surface area contributed by atoms with E-state index in [2.05, 4.69) is 10.3 Å². The molecule has 0 saturated heterocycles. The van der Waals surface area contributed by atoms with Crippen LogP contribution in [-0.2, 0) is 0 Å². The zero-order chi connectivity index (χ0) is 16.2. The number of aliphatic hydroxyl groups is 1. The van der Waals surface area contributed by atoms with E-state index in [1.807, 2.05) is 37.6 Å². The first-order chi connectivity index (χ1) is 10.4. The summed E-state index contributed by atoms with van der Waals surface area (Å²) in [6.07, 6.45) is 1.74. The molecule has 2 heterocycles. The lowest BCUT2D eigenvalue weighted by atomic mass is 9.89. The zero-order valence-corrected chi connectivity index (χ0v) is 14.8. The predicted octanol–water partition coefficient (Wildman–Crippen LogP) is 3.71. The molecule has 0 aliphatic carbocycles. The molecule has 0 unspecified atom stereocenters. The van der Waals surface area contributed by atoms with Gasteiger partial charge in [0.25, 0.3) is 5.91 Å². The van der Waals surface area contributed by atoms with Gasteiger partial charge in [-0.3, -0.25) is 4.79 Å². The van der Waals surface area contributed by atoms with Crippen molar-refractivity contribution in [3.05, 3.63) is 27.4 Å². The second-order valence-electron chi connectivity index (χ2n) is 6.13. The SMILES string of the molecule is Cc1nc(-c2ccsc2)sc1C(=O)NCCCC(C)(C)CO. The van der Waals surface area contributed by atoms with E-state index < -0.39 is 0 Å². The summed E-state index contributed by atoms with van der Waals surface area (Å²) in [6, 6.07) is 2.02. The number of nitrogens with one attached hydrogen (secondary N) is 1.